The van der Waals surface area contributed by atoms with Crippen molar-refractivity contribution in [1.29, 1.82) is 0 Å². The Morgan fingerprint density at radius 1 is 0.727 bits per heavy atom. The molecule has 0 aromatic carbocycles. The van der Waals surface area contributed by atoms with E-state index < -0.39 is 8.60 Å². The summed E-state index contributed by atoms with van der Waals surface area (Å²) >= 11 is 0. The van der Waals surface area contributed by atoms with E-state index in [0.29, 0.717) is 0 Å². The molecule has 0 saturated carbocycles. The van der Waals surface area contributed by atoms with Gasteiger partial charge in [-0.25, -0.2) is 0 Å². The minimum Gasteiger partial charge on any atom is -2.00 e. The Balaban J connectivity index is -0.00000000214. The Morgan fingerprint density at radius 3 is 0.727 bits per heavy atom. The van der Waals surface area contributed by atoms with Crippen LogP contribution in [-0.4, -0.2) is 5.48 Å². The second kappa shape index (κ2) is 53.6. The van der Waals surface area contributed by atoms with Gasteiger partial charge in [0.1, 0.15) is 0 Å². The summed E-state index contributed by atoms with van der Waals surface area (Å²) in [4.78, 5) is 25.4. The van der Waals surface area contributed by atoms with E-state index in [1.807, 2.05) is 0 Å². The predicted octanol–water partition coefficient (Wildman–Crippen LogP) is -3.13. The zero-order valence-corrected chi connectivity index (χ0v) is 18.5. The Labute approximate surface area is 116 Å². The molecule has 0 amide bonds. The summed E-state index contributed by atoms with van der Waals surface area (Å²) in [5.74, 6) is 0. The van der Waals surface area contributed by atoms with Gasteiger partial charge in [-0.1, -0.05) is 0 Å². The van der Waals surface area contributed by atoms with Crippen LogP contribution in [0.2, 0.25) is 0 Å². The maximum atomic E-state index is 8.48. The molecular weight excluding hydrogens is 389 g/mol. The summed E-state index contributed by atoms with van der Waals surface area (Å²) in [6.45, 7) is 0. The molecule has 54 valence electrons. The van der Waals surface area contributed by atoms with E-state index in [1.54, 1.807) is 0 Å². The van der Waals surface area contributed by atoms with Gasteiger partial charge in [-0.3, -0.25) is 0 Å². The molecule has 0 aliphatic rings. The Morgan fingerprint density at radius 2 is 0.727 bits per heavy atom. The van der Waals surface area contributed by atoms with Crippen LogP contribution in [0.4, 0.5) is 0 Å². The van der Waals surface area contributed by atoms with E-state index in [0.717, 1.165) is 0 Å². The Hall–Kier alpha value is 2.68. The average molecular weight is 390 g/mol. The monoisotopic (exact) mass is 384 g/mol. The van der Waals surface area contributed by atoms with Crippen LogP contribution in [0.5, 0.6) is 0 Å². The molecule has 0 unspecified atom stereocenters. The smallest absolute Gasteiger partial charge is 2.00 e. The molecule has 1 N–H and O–H groups in total. The first-order valence-electron chi connectivity index (χ1n) is 0.548. The quantitative estimate of drug-likeness (QED) is 0.317. The molecule has 0 fully saturated rings. The second-order valence-corrected chi connectivity index (χ2v) is 0.671. The zero-order chi connectivity index (χ0) is 3.58. The summed E-state index contributed by atoms with van der Waals surface area (Å²) in [6, 6.07) is 0. The fraction of sp³-hybridized carbons (Fsp3) is 0. The van der Waals surface area contributed by atoms with E-state index in [2.05, 4.69) is 0 Å². The molecule has 0 aromatic rings. The summed E-state index contributed by atoms with van der Waals surface area (Å²) in [5.41, 5.74) is 0. The molecule has 0 bridgehead atoms. The maximum Gasteiger partial charge on any atom is 2.00 e. The van der Waals surface area contributed by atoms with Crippen molar-refractivity contribution in [2.24, 2.45) is 0 Å². The third-order valence-electron chi connectivity index (χ3n) is 0. The molecule has 0 spiro atoms. The standard InChI is InChI=1S/O3P.H2O.2O.4Zn/c1-4(2)3;;;;;;;/h;1H2;;;;;;/q-3;;2*-2;;;2*+2/p-1. The normalized spacial score (nSPS) is 3.27. The number of rotatable bonds is 0. The second-order valence-electron chi connectivity index (χ2n) is 0.224. The SMILES string of the molecule is [O-2].[O-2].[O-]P([O-])[O-].[OH-].[Zn+2].[Zn+2].[Zn].[Zn]. The van der Waals surface area contributed by atoms with Gasteiger partial charge in [0, 0.05) is 39.0 Å². The molecular formula is HO6PZn4-4. The first kappa shape index (κ1) is 68.1. The molecule has 0 aliphatic carbocycles. The van der Waals surface area contributed by atoms with Crippen molar-refractivity contribution in [2.75, 3.05) is 0 Å². The van der Waals surface area contributed by atoms with Gasteiger partial charge < -0.3 is 39.7 Å². The summed E-state index contributed by atoms with van der Waals surface area (Å²) in [6.07, 6.45) is 0. The summed E-state index contributed by atoms with van der Waals surface area (Å²) < 4.78 is 0. The Bertz CT molecular complexity index is 19.3. The van der Waals surface area contributed by atoms with E-state index >= 15 is 0 Å². The largest absolute Gasteiger partial charge is 2.00 e. The van der Waals surface area contributed by atoms with Gasteiger partial charge in [0.25, 0.3) is 0 Å². The molecule has 0 radical (unpaired) electrons. The van der Waals surface area contributed by atoms with Crippen LogP contribution in [0, 0.1) is 0 Å². The van der Waals surface area contributed by atoms with Crippen LogP contribution >= 0.6 is 8.60 Å². The molecule has 0 rings (SSSR count). The van der Waals surface area contributed by atoms with E-state index in [-0.39, 0.29) is 94.3 Å². The summed E-state index contributed by atoms with van der Waals surface area (Å²) in [5, 5.41) is 0. The van der Waals surface area contributed by atoms with Crippen molar-refractivity contribution < 1.29 is 109 Å². The molecule has 11 heavy (non-hydrogen) atoms. The first-order chi connectivity index (χ1) is 1.73. The minimum atomic E-state index is -3.37. The van der Waals surface area contributed by atoms with Crippen LogP contribution in [0.1, 0.15) is 0 Å². The zero-order valence-electron chi connectivity index (χ0n) is 5.76. The third-order valence-corrected chi connectivity index (χ3v) is 0. The van der Waals surface area contributed by atoms with Crippen molar-refractivity contribution in [3.63, 3.8) is 0 Å². The van der Waals surface area contributed by atoms with Crippen molar-refractivity contribution in [3.05, 3.63) is 0 Å². The van der Waals surface area contributed by atoms with Crippen LogP contribution in [0.25, 0.3) is 0 Å². The molecule has 0 atom stereocenters. The molecule has 0 aromatic heterocycles. The van der Waals surface area contributed by atoms with Crippen molar-refractivity contribution >= 4 is 8.60 Å². The average Bonchev–Trinajstić information content (AvgIpc) is 0.811. The van der Waals surface area contributed by atoms with E-state index in [4.69, 9.17) is 14.7 Å². The maximum absolute atomic E-state index is 8.48. The third kappa shape index (κ3) is 201. The van der Waals surface area contributed by atoms with Crippen molar-refractivity contribution in [2.45, 2.75) is 0 Å². The van der Waals surface area contributed by atoms with Gasteiger partial charge in [0.05, 0.1) is 0 Å². The molecule has 0 aliphatic heterocycles. The van der Waals surface area contributed by atoms with Crippen LogP contribution < -0.4 is 14.7 Å². The van der Waals surface area contributed by atoms with Gasteiger partial charge in [0.15, 0.2) is 0 Å². The topological polar surface area (TPSA) is 156 Å². The van der Waals surface area contributed by atoms with Crippen LogP contribution in [-0.2, 0) is 88.9 Å². The van der Waals surface area contributed by atoms with Crippen LogP contribution in [0.15, 0.2) is 0 Å². The van der Waals surface area contributed by atoms with Crippen molar-refractivity contribution in [1.82, 2.24) is 0 Å². The summed E-state index contributed by atoms with van der Waals surface area (Å²) in [7, 11) is -3.37. The fourth-order valence-corrected chi connectivity index (χ4v) is 0. The molecule has 0 saturated heterocycles. The van der Waals surface area contributed by atoms with E-state index in [9.17, 15) is 0 Å². The number of hydrogen-bond acceptors (Lipinski definition) is 4. The van der Waals surface area contributed by atoms with Crippen LogP contribution in [0.3, 0.4) is 0 Å². The van der Waals surface area contributed by atoms with Gasteiger partial charge in [-0.05, 0) is 0 Å². The van der Waals surface area contributed by atoms with Crippen molar-refractivity contribution in [3.8, 4) is 0 Å². The van der Waals surface area contributed by atoms with Gasteiger partial charge in [-0.2, -0.15) is 0 Å². The van der Waals surface area contributed by atoms with E-state index in [1.165, 1.54) is 0 Å². The number of hydrogen-bond donors (Lipinski definition) is 0. The minimum absolute atomic E-state index is 0. The molecule has 11 heteroatoms. The molecule has 0 heterocycles. The van der Waals surface area contributed by atoms with Gasteiger partial charge in [0.2, 0.25) is 0 Å². The van der Waals surface area contributed by atoms with Gasteiger partial charge >= 0.3 is 39.0 Å². The van der Waals surface area contributed by atoms with Gasteiger partial charge in [-0.15, -0.1) is 0 Å². The predicted molar refractivity (Wildman–Crippen MR) is 10.2 cm³/mol. The first-order valence-corrected chi connectivity index (χ1v) is 1.64. The Kier molecular flexibility index (Phi) is 332. The fourth-order valence-electron chi connectivity index (χ4n) is 0. The molecule has 6 nitrogen and oxygen atoms in total.